The molecule has 0 unspecified atom stereocenters. The average Bonchev–Trinajstić information content (AvgIpc) is 2.24. The van der Waals surface area contributed by atoms with E-state index in [4.69, 9.17) is 0 Å². The predicted octanol–water partition coefficient (Wildman–Crippen LogP) is 2.26. The maximum atomic E-state index is 9.61. The molecular formula is C14H21NO. The number of nitrogens with zero attached hydrogens (tertiary/aromatic N) is 1. The van der Waals surface area contributed by atoms with Crippen molar-refractivity contribution in [2.24, 2.45) is 0 Å². The number of likely N-dealkylation sites (tertiary alicyclic amines) is 1. The van der Waals surface area contributed by atoms with Gasteiger partial charge < -0.3 is 5.11 Å². The van der Waals surface area contributed by atoms with Crippen LogP contribution in [0.2, 0.25) is 0 Å². The van der Waals surface area contributed by atoms with E-state index in [0.29, 0.717) is 0 Å². The molecule has 2 nitrogen and oxygen atoms in total. The summed E-state index contributed by atoms with van der Waals surface area (Å²) in [5.41, 5.74) is 4.06. The SMILES string of the molecule is Cc1ccc(CN2CCC[C@H](O)C2)cc1C. The Hall–Kier alpha value is -0.860. The van der Waals surface area contributed by atoms with Crippen LogP contribution in [0.25, 0.3) is 0 Å². The highest BCUT2D eigenvalue weighted by molar-refractivity contribution is 5.29. The van der Waals surface area contributed by atoms with Gasteiger partial charge in [0.25, 0.3) is 0 Å². The Morgan fingerprint density at radius 2 is 2.12 bits per heavy atom. The highest BCUT2D eigenvalue weighted by Crippen LogP contribution is 2.15. The molecule has 0 aromatic heterocycles. The number of aliphatic hydroxyl groups excluding tert-OH is 1. The van der Waals surface area contributed by atoms with Crippen LogP contribution in [-0.2, 0) is 6.54 Å². The zero-order chi connectivity index (χ0) is 11.5. The van der Waals surface area contributed by atoms with Crippen LogP contribution in [0.15, 0.2) is 18.2 Å². The van der Waals surface area contributed by atoms with E-state index < -0.39 is 0 Å². The van der Waals surface area contributed by atoms with Crippen LogP contribution in [0.3, 0.4) is 0 Å². The van der Waals surface area contributed by atoms with Gasteiger partial charge in [-0.15, -0.1) is 0 Å². The van der Waals surface area contributed by atoms with Crippen molar-refractivity contribution in [3.63, 3.8) is 0 Å². The molecular weight excluding hydrogens is 198 g/mol. The van der Waals surface area contributed by atoms with E-state index in [1.165, 1.54) is 16.7 Å². The fourth-order valence-electron chi connectivity index (χ4n) is 2.33. The summed E-state index contributed by atoms with van der Waals surface area (Å²) in [6.07, 6.45) is 1.95. The second-order valence-electron chi connectivity index (χ2n) is 4.95. The van der Waals surface area contributed by atoms with Crippen molar-refractivity contribution in [3.05, 3.63) is 34.9 Å². The van der Waals surface area contributed by atoms with Gasteiger partial charge in [-0.1, -0.05) is 18.2 Å². The van der Waals surface area contributed by atoms with Gasteiger partial charge in [-0.25, -0.2) is 0 Å². The lowest BCUT2D eigenvalue weighted by molar-refractivity contribution is 0.0668. The van der Waals surface area contributed by atoms with Crippen molar-refractivity contribution >= 4 is 0 Å². The third-order valence-electron chi connectivity index (χ3n) is 3.46. The Morgan fingerprint density at radius 3 is 2.81 bits per heavy atom. The minimum absolute atomic E-state index is 0.125. The first kappa shape index (κ1) is 11.6. The van der Waals surface area contributed by atoms with E-state index in [1.807, 2.05) is 0 Å². The second-order valence-corrected chi connectivity index (χ2v) is 4.95. The molecule has 1 aromatic rings. The normalized spacial score (nSPS) is 22.3. The number of aliphatic hydroxyl groups is 1. The van der Waals surface area contributed by atoms with E-state index in [0.717, 1.165) is 32.5 Å². The van der Waals surface area contributed by atoms with Crippen molar-refractivity contribution < 1.29 is 5.11 Å². The van der Waals surface area contributed by atoms with Gasteiger partial charge in [0.05, 0.1) is 6.10 Å². The van der Waals surface area contributed by atoms with Gasteiger partial charge in [-0.3, -0.25) is 4.90 Å². The van der Waals surface area contributed by atoms with Crippen LogP contribution in [0, 0.1) is 13.8 Å². The van der Waals surface area contributed by atoms with Crippen LogP contribution in [0.5, 0.6) is 0 Å². The third-order valence-corrected chi connectivity index (χ3v) is 3.46. The van der Waals surface area contributed by atoms with E-state index in [9.17, 15) is 5.11 Å². The molecule has 0 spiro atoms. The van der Waals surface area contributed by atoms with Gasteiger partial charge in [-0.05, 0) is 49.9 Å². The van der Waals surface area contributed by atoms with Crippen LogP contribution >= 0.6 is 0 Å². The van der Waals surface area contributed by atoms with Gasteiger partial charge in [0.1, 0.15) is 0 Å². The summed E-state index contributed by atoms with van der Waals surface area (Å²) in [7, 11) is 0. The third kappa shape index (κ3) is 2.83. The summed E-state index contributed by atoms with van der Waals surface area (Å²) in [5, 5.41) is 9.61. The van der Waals surface area contributed by atoms with E-state index >= 15 is 0 Å². The number of hydrogen-bond donors (Lipinski definition) is 1. The molecule has 16 heavy (non-hydrogen) atoms. The Balaban J connectivity index is 2.00. The number of benzene rings is 1. The Morgan fingerprint density at radius 1 is 1.31 bits per heavy atom. The molecule has 2 rings (SSSR count). The van der Waals surface area contributed by atoms with Crippen molar-refractivity contribution in [2.45, 2.75) is 39.3 Å². The van der Waals surface area contributed by atoms with Gasteiger partial charge in [0.15, 0.2) is 0 Å². The lowest BCUT2D eigenvalue weighted by atomic mass is 10.0. The molecule has 0 radical (unpaired) electrons. The minimum Gasteiger partial charge on any atom is -0.392 e. The van der Waals surface area contributed by atoms with Crippen LogP contribution in [0.1, 0.15) is 29.5 Å². The number of rotatable bonds is 2. The highest BCUT2D eigenvalue weighted by atomic mass is 16.3. The summed E-state index contributed by atoms with van der Waals surface area (Å²) < 4.78 is 0. The zero-order valence-corrected chi connectivity index (χ0v) is 10.2. The van der Waals surface area contributed by atoms with Gasteiger partial charge in [-0.2, -0.15) is 0 Å². The minimum atomic E-state index is -0.125. The molecule has 1 atom stereocenters. The molecule has 0 amide bonds. The molecule has 2 heteroatoms. The molecule has 1 aromatic carbocycles. The maximum Gasteiger partial charge on any atom is 0.0667 e. The molecule has 1 saturated heterocycles. The first-order valence-corrected chi connectivity index (χ1v) is 6.11. The topological polar surface area (TPSA) is 23.5 Å². The predicted molar refractivity (Wildman–Crippen MR) is 66.4 cm³/mol. The second kappa shape index (κ2) is 4.98. The maximum absolute atomic E-state index is 9.61. The molecule has 1 heterocycles. The van der Waals surface area contributed by atoms with E-state index in [2.05, 4.69) is 36.9 Å². The van der Waals surface area contributed by atoms with Crippen LogP contribution in [-0.4, -0.2) is 29.2 Å². The first-order chi connectivity index (χ1) is 7.65. The summed E-state index contributed by atoms with van der Waals surface area (Å²) in [6.45, 7) is 7.21. The Labute approximate surface area is 97.9 Å². The monoisotopic (exact) mass is 219 g/mol. The summed E-state index contributed by atoms with van der Waals surface area (Å²) in [6, 6.07) is 6.64. The van der Waals surface area contributed by atoms with E-state index in [1.54, 1.807) is 0 Å². The molecule has 1 fully saturated rings. The lowest BCUT2D eigenvalue weighted by Crippen LogP contribution is -2.37. The van der Waals surface area contributed by atoms with Crippen molar-refractivity contribution in [1.82, 2.24) is 4.90 Å². The molecule has 0 saturated carbocycles. The molecule has 0 bridgehead atoms. The van der Waals surface area contributed by atoms with Crippen molar-refractivity contribution in [3.8, 4) is 0 Å². The van der Waals surface area contributed by atoms with Crippen molar-refractivity contribution in [2.75, 3.05) is 13.1 Å². The number of hydrogen-bond acceptors (Lipinski definition) is 2. The fraction of sp³-hybridized carbons (Fsp3) is 0.571. The summed E-state index contributed by atoms with van der Waals surface area (Å²) >= 11 is 0. The average molecular weight is 219 g/mol. The molecule has 1 N–H and O–H groups in total. The standard InChI is InChI=1S/C14H21NO/c1-11-5-6-13(8-12(11)2)9-15-7-3-4-14(16)10-15/h5-6,8,14,16H,3-4,7,9-10H2,1-2H3/t14-/m0/s1. The van der Waals surface area contributed by atoms with Gasteiger partial charge in [0, 0.05) is 13.1 Å². The van der Waals surface area contributed by atoms with Crippen molar-refractivity contribution in [1.29, 1.82) is 0 Å². The smallest absolute Gasteiger partial charge is 0.0667 e. The summed E-state index contributed by atoms with van der Waals surface area (Å²) in [5.74, 6) is 0. The molecule has 1 aliphatic rings. The number of aryl methyl sites for hydroxylation is 2. The van der Waals surface area contributed by atoms with E-state index in [-0.39, 0.29) is 6.10 Å². The Bertz CT molecular complexity index is 362. The quantitative estimate of drug-likeness (QED) is 0.824. The van der Waals surface area contributed by atoms with Gasteiger partial charge in [0.2, 0.25) is 0 Å². The summed E-state index contributed by atoms with van der Waals surface area (Å²) in [4.78, 5) is 2.35. The molecule has 1 aliphatic heterocycles. The highest BCUT2D eigenvalue weighted by Gasteiger charge is 2.17. The zero-order valence-electron chi connectivity index (χ0n) is 10.2. The Kier molecular flexibility index (Phi) is 3.62. The lowest BCUT2D eigenvalue weighted by Gasteiger charge is -2.30. The van der Waals surface area contributed by atoms with Crippen LogP contribution < -0.4 is 0 Å². The number of β-amino-alcohol motifs (C(OH)–C–C–N with tert-alkyl or cyclic N) is 1. The molecule has 88 valence electrons. The number of piperidine rings is 1. The van der Waals surface area contributed by atoms with Crippen LogP contribution in [0.4, 0.5) is 0 Å². The fourth-order valence-corrected chi connectivity index (χ4v) is 2.33. The van der Waals surface area contributed by atoms with Gasteiger partial charge >= 0.3 is 0 Å². The largest absolute Gasteiger partial charge is 0.392 e. The first-order valence-electron chi connectivity index (χ1n) is 6.11. The molecule has 0 aliphatic carbocycles.